The second kappa shape index (κ2) is 6.42. The average molecular weight is 270 g/mol. The molecule has 0 aliphatic heterocycles. The van der Waals surface area contributed by atoms with E-state index in [0.29, 0.717) is 17.7 Å². The Kier molecular flexibility index (Phi) is 4.39. The largest absolute Gasteiger partial charge is 0.398 e. The number of nitrogens with zero attached hydrogens (tertiary/aromatic N) is 2. The number of nitrogen functional groups attached to an aromatic ring is 1. The predicted octanol–water partition coefficient (Wildman–Crippen LogP) is 0.948. The molecule has 0 aliphatic carbocycles. The summed E-state index contributed by atoms with van der Waals surface area (Å²) >= 11 is 0. The lowest BCUT2D eigenvalue weighted by Gasteiger charge is -2.06. The highest BCUT2D eigenvalue weighted by Crippen LogP contribution is 2.10. The SMILES string of the molecule is Nc1ccccc1C(=O)NC(=O)CCc1cncnc1. The van der Waals surface area contributed by atoms with Crippen molar-refractivity contribution in [1.82, 2.24) is 15.3 Å². The van der Waals surface area contributed by atoms with E-state index < -0.39 is 5.91 Å². The van der Waals surface area contributed by atoms with Crippen molar-refractivity contribution in [3.8, 4) is 0 Å². The highest BCUT2D eigenvalue weighted by molar-refractivity contribution is 6.07. The number of aryl methyl sites for hydroxylation is 1. The lowest BCUT2D eigenvalue weighted by Crippen LogP contribution is -2.31. The standard InChI is InChI=1S/C14H14N4O2/c15-12-4-2-1-3-11(12)14(20)18-13(19)6-5-10-7-16-9-17-8-10/h1-4,7-9H,5-6,15H2,(H,18,19,20). The molecule has 6 heteroatoms. The smallest absolute Gasteiger partial charge is 0.259 e. The molecule has 2 rings (SSSR count). The van der Waals surface area contributed by atoms with Gasteiger partial charge in [0.05, 0.1) is 5.56 Å². The number of anilines is 1. The van der Waals surface area contributed by atoms with E-state index in [1.807, 2.05) is 0 Å². The fourth-order valence-corrected chi connectivity index (χ4v) is 1.68. The molecule has 2 aromatic rings. The highest BCUT2D eigenvalue weighted by Gasteiger charge is 2.12. The van der Waals surface area contributed by atoms with Gasteiger partial charge in [0.1, 0.15) is 6.33 Å². The molecule has 1 aromatic heterocycles. The van der Waals surface area contributed by atoms with Crippen molar-refractivity contribution in [3.63, 3.8) is 0 Å². The van der Waals surface area contributed by atoms with E-state index in [1.165, 1.54) is 6.33 Å². The topological polar surface area (TPSA) is 98.0 Å². The average Bonchev–Trinajstić information content (AvgIpc) is 2.46. The van der Waals surface area contributed by atoms with E-state index in [2.05, 4.69) is 15.3 Å². The number of rotatable bonds is 4. The first-order chi connectivity index (χ1) is 9.66. The molecule has 1 aromatic carbocycles. The summed E-state index contributed by atoms with van der Waals surface area (Å²) in [7, 11) is 0. The Bertz CT molecular complexity index is 614. The summed E-state index contributed by atoms with van der Waals surface area (Å²) in [6.07, 6.45) is 5.36. The van der Waals surface area contributed by atoms with Gasteiger partial charge in [-0.1, -0.05) is 12.1 Å². The maximum absolute atomic E-state index is 11.9. The number of imide groups is 1. The van der Waals surface area contributed by atoms with Crippen molar-refractivity contribution in [3.05, 3.63) is 54.1 Å². The number of hydrogen-bond acceptors (Lipinski definition) is 5. The van der Waals surface area contributed by atoms with E-state index in [1.54, 1.807) is 36.7 Å². The number of nitrogens with one attached hydrogen (secondary N) is 1. The third-order valence-corrected chi connectivity index (χ3v) is 2.71. The number of benzene rings is 1. The molecule has 0 saturated heterocycles. The molecule has 20 heavy (non-hydrogen) atoms. The lowest BCUT2D eigenvalue weighted by molar-refractivity contribution is -0.120. The first-order valence-corrected chi connectivity index (χ1v) is 6.09. The number of carbonyl (C=O) groups excluding carboxylic acids is 2. The van der Waals surface area contributed by atoms with E-state index in [4.69, 9.17) is 5.73 Å². The molecule has 0 saturated carbocycles. The minimum absolute atomic E-state index is 0.186. The van der Waals surface area contributed by atoms with Gasteiger partial charge in [0, 0.05) is 24.5 Å². The Balaban J connectivity index is 1.89. The van der Waals surface area contributed by atoms with Gasteiger partial charge in [-0.3, -0.25) is 14.9 Å². The van der Waals surface area contributed by atoms with E-state index in [9.17, 15) is 9.59 Å². The third-order valence-electron chi connectivity index (χ3n) is 2.71. The van der Waals surface area contributed by atoms with Crippen molar-refractivity contribution in [2.24, 2.45) is 0 Å². The van der Waals surface area contributed by atoms with Gasteiger partial charge in [-0.25, -0.2) is 9.97 Å². The van der Waals surface area contributed by atoms with Crippen LogP contribution in [0.15, 0.2) is 43.0 Å². The maximum Gasteiger partial charge on any atom is 0.259 e. The monoisotopic (exact) mass is 270 g/mol. The molecule has 102 valence electrons. The minimum atomic E-state index is -0.489. The zero-order valence-electron chi connectivity index (χ0n) is 10.7. The van der Waals surface area contributed by atoms with E-state index in [0.717, 1.165) is 5.56 Å². The maximum atomic E-state index is 11.9. The van der Waals surface area contributed by atoms with Crippen LogP contribution >= 0.6 is 0 Å². The third kappa shape index (κ3) is 3.61. The van der Waals surface area contributed by atoms with Crippen LogP contribution in [-0.2, 0) is 11.2 Å². The molecular formula is C14H14N4O2. The summed E-state index contributed by atoms with van der Waals surface area (Å²) < 4.78 is 0. The van der Waals surface area contributed by atoms with Gasteiger partial charge in [0.2, 0.25) is 5.91 Å². The summed E-state index contributed by atoms with van der Waals surface area (Å²) in [5, 5.41) is 2.31. The molecule has 0 atom stereocenters. The number of nitrogens with two attached hydrogens (primary N) is 1. The zero-order valence-corrected chi connectivity index (χ0v) is 10.7. The van der Waals surface area contributed by atoms with Crippen LogP contribution in [0.4, 0.5) is 5.69 Å². The van der Waals surface area contributed by atoms with Crippen molar-refractivity contribution in [2.75, 3.05) is 5.73 Å². The van der Waals surface area contributed by atoms with Gasteiger partial charge >= 0.3 is 0 Å². The van der Waals surface area contributed by atoms with Crippen LogP contribution in [0.2, 0.25) is 0 Å². The first-order valence-electron chi connectivity index (χ1n) is 6.09. The summed E-state index contributed by atoms with van der Waals surface area (Å²) in [6.45, 7) is 0. The quantitative estimate of drug-likeness (QED) is 0.806. The summed E-state index contributed by atoms with van der Waals surface area (Å²) in [5.74, 6) is -0.848. The Morgan fingerprint density at radius 3 is 2.55 bits per heavy atom. The van der Waals surface area contributed by atoms with Gasteiger partial charge in [0.25, 0.3) is 5.91 Å². The molecular weight excluding hydrogens is 256 g/mol. The number of carbonyl (C=O) groups is 2. The van der Waals surface area contributed by atoms with Crippen molar-refractivity contribution >= 4 is 17.5 Å². The van der Waals surface area contributed by atoms with Crippen LogP contribution in [0, 0.1) is 0 Å². The normalized spacial score (nSPS) is 10.0. The van der Waals surface area contributed by atoms with Crippen molar-refractivity contribution < 1.29 is 9.59 Å². The predicted molar refractivity (Wildman–Crippen MR) is 73.7 cm³/mol. The molecule has 6 nitrogen and oxygen atoms in total. The Labute approximate surface area is 116 Å². The van der Waals surface area contributed by atoms with Crippen molar-refractivity contribution in [1.29, 1.82) is 0 Å². The fourth-order valence-electron chi connectivity index (χ4n) is 1.68. The van der Waals surface area contributed by atoms with Crippen LogP contribution in [0.1, 0.15) is 22.3 Å². The molecule has 0 fully saturated rings. The van der Waals surface area contributed by atoms with Gasteiger partial charge in [-0.2, -0.15) is 0 Å². The van der Waals surface area contributed by atoms with Gasteiger partial charge in [-0.05, 0) is 24.1 Å². The van der Waals surface area contributed by atoms with Crippen LogP contribution in [0.3, 0.4) is 0 Å². The Morgan fingerprint density at radius 2 is 1.85 bits per heavy atom. The molecule has 0 radical (unpaired) electrons. The van der Waals surface area contributed by atoms with E-state index in [-0.39, 0.29) is 12.3 Å². The summed E-state index contributed by atoms with van der Waals surface area (Å²) in [6, 6.07) is 6.60. The lowest BCUT2D eigenvalue weighted by atomic mass is 10.1. The van der Waals surface area contributed by atoms with Gasteiger partial charge < -0.3 is 5.73 Å². The minimum Gasteiger partial charge on any atom is -0.398 e. The molecule has 1 heterocycles. The Hall–Kier alpha value is -2.76. The Morgan fingerprint density at radius 1 is 1.15 bits per heavy atom. The number of hydrogen-bond donors (Lipinski definition) is 2. The van der Waals surface area contributed by atoms with E-state index >= 15 is 0 Å². The molecule has 2 amide bonds. The molecule has 3 N–H and O–H groups in total. The summed E-state index contributed by atoms with van der Waals surface area (Å²) in [4.78, 5) is 31.3. The first kappa shape index (κ1) is 13.7. The second-order valence-electron chi connectivity index (χ2n) is 4.21. The molecule has 0 bridgehead atoms. The zero-order chi connectivity index (χ0) is 14.4. The van der Waals surface area contributed by atoms with Gasteiger partial charge in [0.15, 0.2) is 0 Å². The van der Waals surface area contributed by atoms with Crippen LogP contribution in [0.5, 0.6) is 0 Å². The number of aromatic nitrogens is 2. The molecule has 0 aliphatic rings. The van der Waals surface area contributed by atoms with Gasteiger partial charge in [-0.15, -0.1) is 0 Å². The second-order valence-corrected chi connectivity index (χ2v) is 4.21. The number of para-hydroxylation sites is 1. The number of amides is 2. The van der Waals surface area contributed by atoms with Crippen LogP contribution < -0.4 is 11.1 Å². The van der Waals surface area contributed by atoms with Crippen molar-refractivity contribution in [2.45, 2.75) is 12.8 Å². The van der Waals surface area contributed by atoms with Crippen LogP contribution in [-0.4, -0.2) is 21.8 Å². The highest BCUT2D eigenvalue weighted by atomic mass is 16.2. The fraction of sp³-hybridized carbons (Fsp3) is 0.143. The molecule has 0 spiro atoms. The molecule has 0 unspecified atom stereocenters. The van der Waals surface area contributed by atoms with Crippen LogP contribution in [0.25, 0.3) is 0 Å². The summed E-state index contributed by atoms with van der Waals surface area (Å²) in [5.41, 5.74) is 7.15.